The van der Waals surface area contributed by atoms with E-state index in [9.17, 15) is 27.9 Å². The second-order valence-corrected chi connectivity index (χ2v) is 8.12. The molecule has 0 bridgehead atoms. The van der Waals surface area contributed by atoms with Gasteiger partial charge in [0.15, 0.2) is 0 Å². The number of nitrogens with zero attached hydrogens (tertiary/aromatic N) is 3. The van der Waals surface area contributed by atoms with Crippen LogP contribution in [-0.2, 0) is 32.6 Å². The standard InChI is InChI=1S/C23H23F3N6O4/c1-22(15-4-5-17(28-13-15)23(24,25)26)11-16(33)19(21(35)32-22)20(34)31-18-6-3-14(12-29-18)7-9-30-36-10-2-8-27/h3-6,12-13,30,33H,2,7,9-11H2,1H3,(H,32,35)(H,29,31,34). The van der Waals surface area contributed by atoms with Gasteiger partial charge in [0, 0.05) is 25.4 Å². The summed E-state index contributed by atoms with van der Waals surface area (Å²) in [6, 6.07) is 7.14. The molecule has 2 aromatic heterocycles. The van der Waals surface area contributed by atoms with Crippen molar-refractivity contribution in [2.75, 3.05) is 18.5 Å². The number of aromatic nitrogens is 2. The van der Waals surface area contributed by atoms with Gasteiger partial charge in [-0.25, -0.2) is 10.5 Å². The summed E-state index contributed by atoms with van der Waals surface area (Å²) in [5.74, 6) is -2.14. The Kier molecular flexibility index (Phi) is 8.23. The molecule has 3 rings (SSSR count). The Hall–Kier alpha value is -4.02. The van der Waals surface area contributed by atoms with Gasteiger partial charge in [-0.15, -0.1) is 0 Å². The zero-order valence-corrected chi connectivity index (χ0v) is 19.1. The quantitative estimate of drug-likeness (QED) is 0.231. The SMILES string of the molecule is CC1(c2ccc(C(F)(F)F)nc2)CC(O)=C(C(=O)Nc2ccc(CCNOCCC#N)cn2)C(=O)N1. The summed E-state index contributed by atoms with van der Waals surface area (Å²) in [5, 5.41) is 23.9. The molecule has 0 aromatic carbocycles. The third kappa shape index (κ3) is 6.55. The summed E-state index contributed by atoms with van der Waals surface area (Å²) in [4.78, 5) is 37.9. The number of aliphatic hydroxyl groups is 1. The summed E-state index contributed by atoms with van der Waals surface area (Å²) in [6.07, 6.45) is -1.50. The first-order valence-corrected chi connectivity index (χ1v) is 10.8. The van der Waals surface area contributed by atoms with E-state index in [2.05, 4.69) is 26.1 Å². The van der Waals surface area contributed by atoms with Crippen LogP contribution in [0.3, 0.4) is 0 Å². The summed E-state index contributed by atoms with van der Waals surface area (Å²) < 4.78 is 38.4. The minimum atomic E-state index is -4.61. The van der Waals surface area contributed by atoms with Crippen LogP contribution < -0.4 is 16.1 Å². The monoisotopic (exact) mass is 504 g/mol. The largest absolute Gasteiger partial charge is 0.511 e. The molecule has 1 aliphatic heterocycles. The second kappa shape index (κ2) is 11.1. The predicted octanol–water partition coefficient (Wildman–Crippen LogP) is 2.66. The lowest BCUT2D eigenvalue weighted by Gasteiger charge is -2.35. The van der Waals surface area contributed by atoms with Crippen LogP contribution in [0.15, 0.2) is 48.0 Å². The number of anilines is 1. The summed E-state index contributed by atoms with van der Waals surface area (Å²) >= 11 is 0. The van der Waals surface area contributed by atoms with Crippen molar-refractivity contribution < 1.29 is 32.7 Å². The average Bonchev–Trinajstić information content (AvgIpc) is 2.81. The normalized spacial score (nSPS) is 17.9. The lowest BCUT2D eigenvalue weighted by atomic mass is 9.84. The van der Waals surface area contributed by atoms with Gasteiger partial charge in [-0.3, -0.25) is 14.6 Å². The summed E-state index contributed by atoms with van der Waals surface area (Å²) in [6.45, 7) is 2.26. The van der Waals surface area contributed by atoms with Crippen LogP contribution >= 0.6 is 0 Å². The molecule has 3 heterocycles. The molecule has 0 fully saturated rings. The fraction of sp³-hybridized carbons (Fsp3) is 0.348. The fourth-order valence-electron chi connectivity index (χ4n) is 3.47. The lowest BCUT2D eigenvalue weighted by Crippen LogP contribution is -2.50. The van der Waals surface area contributed by atoms with Crippen LogP contribution in [0.4, 0.5) is 19.0 Å². The number of pyridine rings is 2. The summed E-state index contributed by atoms with van der Waals surface area (Å²) in [5.41, 5.74) is 0.911. The van der Waals surface area contributed by atoms with Gasteiger partial charge in [-0.1, -0.05) is 12.1 Å². The van der Waals surface area contributed by atoms with Gasteiger partial charge in [0.1, 0.15) is 22.8 Å². The molecule has 190 valence electrons. The van der Waals surface area contributed by atoms with E-state index in [1.807, 2.05) is 6.07 Å². The third-order valence-corrected chi connectivity index (χ3v) is 5.34. The Morgan fingerprint density at radius 2 is 2.06 bits per heavy atom. The molecule has 0 spiro atoms. The highest BCUT2D eigenvalue weighted by Gasteiger charge is 2.41. The van der Waals surface area contributed by atoms with Crippen LogP contribution in [-0.4, -0.2) is 40.0 Å². The zero-order valence-electron chi connectivity index (χ0n) is 19.1. The number of aliphatic hydroxyl groups excluding tert-OH is 1. The zero-order chi connectivity index (χ0) is 26.3. The molecule has 2 amide bonds. The number of hydrogen-bond acceptors (Lipinski definition) is 8. The third-order valence-electron chi connectivity index (χ3n) is 5.34. The average molecular weight is 504 g/mol. The molecular formula is C23H23F3N6O4. The lowest BCUT2D eigenvalue weighted by molar-refractivity contribution is -0.141. The molecule has 0 aliphatic carbocycles. The number of halogens is 3. The highest BCUT2D eigenvalue weighted by molar-refractivity contribution is 6.23. The van der Waals surface area contributed by atoms with E-state index in [1.165, 1.54) is 19.2 Å². The van der Waals surface area contributed by atoms with Crippen molar-refractivity contribution in [3.63, 3.8) is 0 Å². The maximum Gasteiger partial charge on any atom is 0.433 e. The molecule has 13 heteroatoms. The Morgan fingerprint density at radius 3 is 2.64 bits per heavy atom. The number of hydrogen-bond donors (Lipinski definition) is 4. The minimum absolute atomic E-state index is 0.148. The van der Waals surface area contributed by atoms with Crippen molar-refractivity contribution in [1.82, 2.24) is 20.8 Å². The van der Waals surface area contributed by atoms with Crippen LogP contribution in [0.25, 0.3) is 0 Å². The molecule has 0 radical (unpaired) electrons. The van der Waals surface area contributed by atoms with Crippen LogP contribution in [0, 0.1) is 11.3 Å². The molecule has 0 saturated heterocycles. The maximum atomic E-state index is 12.8. The number of rotatable bonds is 9. The number of nitrogens with one attached hydrogen (secondary N) is 3. The molecule has 2 aromatic rings. The Bertz CT molecular complexity index is 1180. The number of carbonyl (C=O) groups excluding carboxylic acids is 2. The molecule has 1 aliphatic rings. The van der Waals surface area contributed by atoms with E-state index in [0.29, 0.717) is 13.0 Å². The van der Waals surface area contributed by atoms with Gasteiger partial charge >= 0.3 is 6.18 Å². The molecular weight excluding hydrogens is 481 g/mol. The Balaban J connectivity index is 1.62. The van der Waals surface area contributed by atoms with Gasteiger partial charge < -0.3 is 20.6 Å². The van der Waals surface area contributed by atoms with Crippen LogP contribution in [0.5, 0.6) is 0 Å². The van der Waals surface area contributed by atoms with Crippen LogP contribution in [0.1, 0.15) is 36.6 Å². The van der Waals surface area contributed by atoms with Gasteiger partial charge in [-0.05, 0) is 36.6 Å². The van der Waals surface area contributed by atoms with E-state index < -0.39 is 40.6 Å². The highest BCUT2D eigenvalue weighted by atomic mass is 19.4. The van der Waals surface area contributed by atoms with E-state index in [4.69, 9.17) is 10.1 Å². The number of carbonyl (C=O) groups is 2. The highest BCUT2D eigenvalue weighted by Crippen LogP contribution is 2.34. The molecule has 10 nitrogen and oxygen atoms in total. The van der Waals surface area contributed by atoms with Crippen LogP contribution in [0.2, 0.25) is 0 Å². The molecule has 1 atom stereocenters. The second-order valence-electron chi connectivity index (χ2n) is 8.12. The van der Waals surface area contributed by atoms with Gasteiger partial charge in [0.05, 0.1) is 24.6 Å². The predicted molar refractivity (Wildman–Crippen MR) is 120 cm³/mol. The number of alkyl halides is 3. The van der Waals surface area contributed by atoms with E-state index in [0.717, 1.165) is 23.9 Å². The van der Waals surface area contributed by atoms with Crippen molar-refractivity contribution in [3.05, 3.63) is 64.8 Å². The van der Waals surface area contributed by atoms with Crippen molar-refractivity contribution in [2.45, 2.75) is 37.9 Å². The van der Waals surface area contributed by atoms with Crippen molar-refractivity contribution in [3.8, 4) is 6.07 Å². The Labute approximate surface area is 204 Å². The van der Waals surface area contributed by atoms with E-state index in [1.54, 1.807) is 6.07 Å². The van der Waals surface area contributed by atoms with Gasteiger partial charge in [0.2, 0.25) is 0 Å². The van der Waals surface area contributed by atoms with E-state index in [-0.39, 0.29) is 30.8 Å². The first kappa shape index (κ1) is 26.6. The van der Waals surface area contributed by atoms with E-state index >= 15 is 0 Å². The molecule has 4 N–H and O–H groups in total. The first-order valence-electron chi connectivity index (χ1n) is 10.8. The Morgan fingerprint density at radius 1 is 1.28 bits per heavy atom. The van der Waals surface area contributed by atoms with Crippen molar-refractivity contribution >= 4 is 17.6 Å². The minimum Gasteiger partial charge on any atom is -0.511 e. The van der Waals surface area contributed by atoms with Crippen molar-refractivity contribution in [1.29, 1.82) is 5.26 Å². The first-order chi connectivity index (χ1) is 17.0. The summed E-state index contributed by atoms with van der Waals surface area (Å²) in [7, 11) is 0. The van der Waals surface area contributed by atoms with Gasteiger partial charge in [0.25, 0.3) is 11.8 Å². The van der Waals surface area contributed by atoms with Gasteiger partial charge in [-0.2, -0.15) is 18.4 Å². The topological polar surface area (TPSA) is 149 Å². The smallest absolute Gasteiger partial charge is 0.433 e. The maximum absolute atomic E-state index is 12.8. The fourth-order valence-corrected chi connectivity index (χ4v) is 3.47. The molecule has 0 saturated carbocycles. The number of nitriles is 1. The molecule has 1 unspecified atom stereocenters. The number of amides is 2. The molecule has 36 heavy (non-hydrogen) atoms. The van der Waals surface area contributed by atoms with Crippen molar-refractivity contribution in [2.24, 2.45) is 0 Å². The number of hydroxylamine groups is 1.